The molecule has 1 aromatic heterocycles. The fraction of sp³-hybridized carbons (Fsp3) is 0.600. The summed E-state index contributed by atoms with van der Waals surface area (Å²) < 4.78 is 5.07. The van der Waals surface area contributed by atoms with E-state index in [1.807, 2.05) is 13.8 Å². The molecular formula is C10H17N3O3S. The van der Waals surface area contributed by atoms with Crippen LogP contribution in [0.2, 0.25) is 0 Å². The largest absolute Gasteiger partial charge is 0.480 e. The van der Waals surface area contributed by atoms with Crippen LogP contribution >= 0.6 is 11.3 Å². The van der Waals surface area contributed by atoms with Gasteiger partial charge >= 0.3 is 5.97 Å². The number of hydrogen-bond donors (Lipinski definition) is 3. The van der Waals surface area contributed by atoms with Crippen LogP contribution in [0.5, 0.6) is 0 Å². The van der Waals surface area contributed by atoms with E-state index in [2.05, 4.69) is 10.3 Å². The molecule has 0 fully saturated rings. The van der Waals surface area contributed by atoms with E-state index in [0.29, 0.717) is 17.4 Å². The molecule has 0 bridgehead atoms. The molecule has 0 aliphatic rings. The Labute approximate surface area is 104 Å². The van der Waals surface area contributed by atoms with Gasteiger partial charge in [-0.2, -0.15) is 0 Å². The first kappa shape index (κ1) is 13.9. The number of aromatic nitrogens is 1. The minimum Gasteiger partial charge on any atom is -0.480 e. The van der Waals surface area contributed by atoms with Crippen molar-refractivity contribution in [3.8, 4) is 0 Å². The number of hydrogen-bond acceptors (Lipinski definition) is 6. The molecular weight excluding hydrogens is 242 g/mol. The van der Waals surface area contributed by atoms with Crippen molar-refractivity contribution in [2.24, 2.45) is 5.73 Å². The summed E-state index contributed by atoms with van der Waals surface area (Å²) in [5.74, 6) is -1.09. The maximum Gasteiger partial charge on any atom is 0.326 e. The molecule has 96 valence electrons. The third kappa shape index (κ3) is 3.95. The zero-order chi connectivity index (χ0) is 13.1. The van der Waals surface area contributed by atoms with Gasteiger partial charge in [-0.3, -0.25) is 4.79 Å². The number of carbonyl (C=O) groups is 1. The van der Waals surface area contributed by atoms with E-state index in [4.69, 9.17) is 15.6 Å². The summed E-state index contributed by atoms with van der Waals surface area (Å²) >= 11 is 1.33. The summed E-state index contributed by atoms with van der Waals surface area (Å²) in [7, 11) is 1.62. The lowest BCUT2D eigenvalue weighted by Gasteiger charge is -2.24. The first-order valence-electron chi connectivity index (χ1n) is 5.06. The van der Waals surface area contributed by atoms with Crippen molar-refractivity contribution >= 4 is 22.4 Å². The second-order valence-corrected chi connectivity index (χ2v) is 5.19. The lowest BCUT2D eigenvalue weighted by Crippen LogP contribution is -2.35. The van der Waals surface area contributed by atoms with Gasteiger partial charge in [0.25, 0.3) is 0 Å². The van der Waals surface area contributed by atoms with Crippen LogP contribution in [0.4, 0.5) is 5.13 Å². The molecule has 1 unspecified atom stereocenters. The normalized spacial score (nSPS) is 13.4. The Hall–Kier alpha value is -1.18. The van der Waals surface area contributed by atoms with Crippen LogP contribution in [0.25, 0.3) is 0 Å². The molecule has 1 rings (SSSR count). The molecule has 7 heteroatoms. The van der Waals surface area contributed by atoms with E-state index >= 15 is 0 Å². The quantitative estimate of drug-likeness (QED) is 0.707. The molecule has 0 aromatic carbocycles. The molecule has 1 atom stereocenters. The van der Waals surface area contributed by atoms with Crippen molar-refractivity contribution in [1.82, 2.24) is 4.98 Å². The minimum absolute atomic E-state index is 0.267. The zero-order valence-corrected chi connectivity index (χ0v) is 10.9. The average Bonchev–Trinajstić information content (AvgIpc) is 2.63. The molecule has 6 nitrogen and oxygen atoms in total. The molecule has 1 heterocycles. The standard InChI is InChI=1S/C10H17N3O3S/c1-10(2,5-16-3)13-9-12-6(4-17-9)7(11)8(14)15/h4,7H,5,11H2,1-3H3,(H,12,13)(H,14,15). The monoisotopic (exact) mass is 259 g/mol. The number of aliphatic carboxylic acids is 1. The lowest BCUT2D eigenvalue weighted by atomic mass is 10.1. The molecule has 1 aromatic rings. The summed E-state index contributed by atoms with van der Waals surface area (Å²) in [5.41, 5.74) is 5.56. The molecule has 0 saturated heterocycles. The van der Waals surface area contributed by atoms with Gasteiger partial charge in [0.05, 0.1) is 17.8 Å². The molecule has 0 saturated carbocycles. The lowest BCUT2D eigenvalue weighted by molar-refractivity contribution is -0.138. The van der Waals surface area contributed by atoms with E-state index in [-0.39, 0.29) is 5.54 Å². The number of nitrogens with zero attached hydrogens (tertiary/aromatic N) is 1. The van der Waals surface area contributed by atoms with Crippen LogP contribution in [0.1, 0.15) is 25.6 Å². The number of methoxy groups -OCH3 is 1. The Balaban J connectivity index is 2.72. The summed E-state index contributed by atoms with van der Waals surface area (Å²) in [6.45, 7) is 4.45. The van der Waals surface area contributed by atoms with Crippen LogP contribution in [-0.4, -0.2) is 35.3 Å². The highest BCUT2D eigenvalue weighted by Crippen LogP contribution is 2.23. The Morgan fingerprint density at radius 1 is 1.76 bits per heavy atom. The second-order valence-electron chi connectivity index (χ2n) is 4.34. The first-order chi connectivity index (χ1) is 7.85. The highest BCUT2D eigenvalue weighted by atomic mass is 32.1. The number of carboxylic acids is 1. The van der Waals surface area contributed by atoms with Crippen molar-refractivity contribution in [1.29, 1.82) is 0 Å². The first-order valence-corrected chi connectivity index (χ1v) is 5.94. The van der Waals surface area contributed by atoms with Gasteiger partial charge in [-0.05, 0) is 13.8 Å². The Kier molecular flexibility index (Phi) is 4.44. The van der Waals surface area contributed by atoms with Crippen molar-refractivity contribution in [3.05, 3.63) is 11.1 Å². The van der Waals surface area contributed by atoms with Gasteiger partial charge in [-0.15, -0.1) is 11.3 Å². The van der Waals surface area contributed by atoms with Gasteiger partial charge in [-0.25, -0.2) is 4.98 Å². The maximum atomic E-state index is 10.7. The number of thiazole rings is 1. The summed E-state index contributed by atoms with van der Waals surface area (Å²) in [6, 6.07) is -1.08. The zero-order valence-electron chi connectivity index (χ0n) is 10.1. The van der Waals surface area contributed by atoms with Crippen molar-refractivity contribution in [2.75, 3.05) is 19.0 Å². The third-order valence-electron chi connectivity index (χ3n) is 2.06. The van der Waals surface area contributed by atoms with Crippen molar-refractivity contribution in [3.63, 3.8) is 0 Å². The highest BCUT2D eigenvalue weighted by Gasteiger charge is 2.21. The van der Waals surface area contributed by atoms with E-state index in [1.165, 1.54) is 11.3 Å². The fourth-order valence-electron chi connectivity index (χ4n) is 1.30. The average molecular weight is 259 g/mol. The van der Waals surface area contributed by atoms with Crippen LogP contribution in [0.15, 0.2) is 5.38 Å². The Bertz CT molecular complexity index is 392. The van der Waals surface area contributed by atoms with Crippen molar-refractivity contribution in [2.45, 2.75) is 25.4 Å². The predicted octanol–water partition coefficient (Wildman–Crippen LogP) is 1.06. The third-order valence-corrected chi connectivity index (χ3v) is 2.83. The molecule has 4 N–H and O–H groups in total. The molecule has 0 radical (unpaired) electrons. The number of anilines is 1. The number of nitrogens with one attached hydrogen (secondary N) is 1. The Morgan fingerprint density at radius 2 is 2.41 bits per heavy atom. The van der Waals surface area contributed by atoms with Gasteiger partial charge in [0.2, 0.25) is 0 Å². The van der Waals surface area contributed by atoms with E-state index in [0.717, 1.165) is 0 Å². The van der Waals surface area contributed by atoms with Crippen LogP contribution in [0, 0.1) is 0 Å². The molecule has 0 amide bonds. The highest BCUT2D eigenvalue weighted by molar-refractivity contribution is 7.13. The predicted molar refractivity (Wildman–Crippen MR) is 66.3 cm³/mol. The van der Waals surface area contributed by atoms with E-state index in [9.17, 15) is 4.79 Å². The van der Waals surface area contributed by atoms with Crippen LogP contribution < -0.4 is 11.1 Å². The molecule has 17 heavy (non-hydrogen) atoms. The molecule has 0 aliphatic heterocycles. The minimum atomic E-state index is -1.09. The summed E-state index contributed by atoms with van der Waals surface area (Å²) in [6.07, 6.45) is 0. The van der Waals surface area contributed by atoms with E-state index in [1.54, 1.807) is 12.5 Å². The topological polar surface area (TPSA) is 97.5 Å². The number of ether oxygens (including phenoxy) is 1. The second kappa shape index (κ2) is 5.44. The summed E-state index contributed by atoms with van der Waals surface area (Å²) in [4.78, 5) is 14.8. The van der Waals surface area contributed by atoms with Gasteiger partial charge < -0.3 is 20.9 Å². The number of nitrogens with two attached hydrogens (primary N) is 1. The SMILES string of the molecule is COCC(C)(C)Nc1nc(C(N)C(=O)O)cs1. The van der Waals surface area contributed by atoms with Gasteiger partial charge in [0.1, 0.15) is 6.04 Å². The van der Waals surface area contributed by atoms with E-state index < -0.39 is 12.0 Å². The maximum absolute atomic E-state index is 10.7. The molecule has 0 spiro atoms. The smallest absolute Gasteiger partial charge is 0.326 e. The number of rotatable bonds is 6. The Morgan fingerprint density at radius 3 is 2.94 bits per heavy atom. The molecule has 0 aliphatic carbocycles. The number of carboxylic acid groups (broad SMARTS) is 1. The van der Waals surface area contributed by atoms with Crippen LogP contribution in [-0.2, 0) is 9.53 Å². The summed E-state index contributed by atoms with van der Waals surface area (Å²) in [5, 5.41) is 14.2. The van der Waals surface area contributed by atoms with Crippen LogP contribution in [0.3, 0.4) is 0 Å². The van der Waals surface area contributed by atoms with Crippen molar-refractivity contribution < 1.29 is 14.6 Å². The van der Waals surface area contributed by atoms with Gasteiger partial charge in [-0.1, -0.05) is 0 Å². The van der Waals surface area contributed by atoms with Gasteiger partial charge in [0, 0.05) is 12.5 Å². The van der Waals surface area contributed by atoms with Gasteiger partial charge in [0.15, 0.2) is 5.13 Å². The fourth-order valence-corrected chi connectivity index (χ4v) is 2.22.